The average molecular weight is 369 g/mol. The molecule has 28 heavy (non-hydrogen) atoms. The molecule has 2 N–H and O–H groups in total. The maximum absolute atomic E-state index is 11.1. The number of hydrogen-bond donors (Lipinski definition) is 2. The van der Waals surface area contributed by atoms with Crippen LogP contribution in [0.25, 0.3) is 10.9 Å². The van der Waals surface area contributed by atoms with Crippen molar-refractivity contribution in [3.63, 3.8) is 0 Å². The Morgan fingerprint density at radius 1 is 0.857 bits per heavy atom. The van der Waals surface area contributed by atoms with Crippen molar-refractivity contribution in [2.45, 2.75) is 26.8 Å². The molecule has 0 aliphatic carbocycles. The second-order valence-corrected chi connectivity index (χ2v) is 7.18. The summed E-state index contributed by atoms with van der Waals surface area (Å²) in [5.41, 5.74) is 6.10. The molecule has 4 rings (SSSR count). The number of nitrogens with zero attached hydrogens (tertiary/aromatic N) is 2. The molecule has 0 spiro atoms. The normalized spacial score (nSPS) is 12.1. The lowest BCUT2D eigenvalue weighted by Gasteiger charge is -2.25. The quantitative estimate of drug-likeness (QED) is 0.501. The molecule has 140 valence electrons. The Hall–Kier alpha value is -3.40. The van der Waals surface area contributed by atoms with Crippen LogP contribution in [0.15, 0.2) is 67.0 Å². The van der Waals surface area contributed by atoms with E-state index in [2.05, 4.69) is 48.2 Å². The molecule has 4 aromatic rings. The number of benzene rings is 2. The number of phenols is 1. The van der Waals surface area contributed by atoms with E-state index in [9.17, 15) is 5.11 Å². The van der Waals surface area contributed by atoms with Crippen LogP contribution in [0.3, 0.4) is 0 Å². The van der Waals surface area contributed by atoms with Crippen LogP contribution < -0.4 is 5.32 Å². The van der Waals surface area contributed by atoms with Gasteiger partial charge in [-0.15, -0.1) is 0 Å². The third-order valence-corrected chi connectivity index (χ3v) is 5.07. The van der Waals surface area contributed by atoms with Crippen LogP contribution in [-0.2, 0) is 0 Å². The number of phenolic OH excluding ortho intramolecular Hbond substituents is 1. The van der Waals surface area contributed by atoms with Gasteiger partial charge in [0, 0.05) is 23.3 Å². The van der Waals surface area contributed by atoms with Crippen LogP contribution in [-0.4, -0.2) is 15.1 Å². The molecule has 0 bridgehead atoms. The van der Waals surface area contributed by atoms with Crippen molar-refractivity contribution in [3.8, 4) is 5.75 Å². The summed E-state index contributed by atoms with van der Waals surface area (Å²) in [5.74, 6) is 0.957. The van der Waals surface area contributed by atoms with Gasteiger partial charge in [-0.25, -0.2) is 4.98 Å². The first-order valence-electron chi connectivity index (χ1n) is 9.36. The van der Waals surface area contributed by atoms with Crippen LogP contribution in [0.2, 0.25) is 0 Å². The van der Waals surface area contributed by atoms with E-state index in [1.165, 1.54) is 16.7 Å². The highest BCUT2D eigenvalue weighted by Gasteiger charge is 2.23. The highest BCUT2D eigenvalue weighted by molar-refractivity contribution is 5.86. The molecule has 0 radical (unpaired) electrons. The summed E-state index contributed by atoms with van der Waals surface area (Å²) < 4.78 is 0. The number of hydrogen-bond acceptors (Lipinski definition) is 4. The van der Waals surface area contributed by atoms with Crippen molar-refractivity contribution in [2.75, 3.05) is 5.32 Å². The minimum atomic E-state index is -0.248. The average Bonchev–Trinajstić information content (AvgIpc) is 2.68. The van der Waals surface area contributed by atoms with Gasteiger partial charge in [-0.1, -0.05) is 42.0 Å². The second kappa shape index (κ2) is 7.31. The molecule has 0 aliphatic rings. The Balaban J connectivity index is 1.93. The van der Waals surface area contributed by atoms with Crippen molar-refractivity contribution in [1.82, 2.24) is 9.97 Å². The summed E-state index contributed by atoms with van der Waals surface area (Å²) in [7, 11) is 0. The predicted molar refractivity (Wildman–Crippen MR) is 114 cm³/mol. The molecule has 0 saturated carbocycles. The summed E-state index contributed by atoms with van der Waals surface area (Å²) in [6, 6.07) is 17.7. The summed E-state index contributed by atoms with van der Waals surface area (Å²) in [4.78, 5) is 8.82. The standard InChI is InChI=1S/C24H23N3O/c1-15-13-16(2)21(17(3)14-15)23(27-20-8-4-5-11-25-20)19-10-9-18-7-6-12-26-22(18)24(19)28/h4-14,23,28H,1-3H3,(H,25,27)/t23-/m0/s1. The fraction of sp³-hybridized carbons (Fsp3) is 0.167. The zero-order valence-electron chi connectivity index (χ0n) is 16.3. The number of fused-ring (bicyclic) bond motifs is 1. The lowest BCUT2D eigenvalue weighted by molar-refractivity contribution is 0.471. The van der Waals surface area contributed by atoms with Crippen LogP contribution >= 0.6 is 0 Å². The van der Waals surface area contributed by atoms with Crippen molar-refractivity contribution in [2.24, 2.45) is 0 Å². The van der Waals surface area contributed by atoms with Gasteiger partial charge in [0.15, 0.2) is 0 Å². The van der Waals surface area contributed by atoms with Gasteiger partial charge in [0.25, 0.3) is 0 Å². The fourth-order valence-corrected chi connectivity index (χ4v) is 3.93. The largest absolute Gasteiger partial charge is 0.505 e. The molecule has 0 amide bonds. The van der Waals surface area contributed by atoms with Crippen LogP contribution in [0, 0.1) is 20.8 Å². The lowest BCUT2D eigenvalue weighted by Crippen LogP contribution is -2.16. The van der Waals surface area contributed by atoms with Gasteiger partial charge < -0.3 is 10.4 Å². The van der Waals surface area contributed by atoms with Crippen LogP contribution in [0.4, 0.5) is 5.82 Å². The van der Waals surface area contributed by atoms with Crippen LogP contribution in [0.1, 0.15) is 33.9 Å². The van der Waals surface area contributed by atoms with Crippen LogP contribution in [0.5, 0.6) is 5.75 Å². The Morgan fingerprint density at radius 2 is 1.61 bits per heavy atom. The molecule has 0 unspecified atom stereocenters. The van der Waals surface area contributed by atoms with Gasteiger partial charge in [0.2, 0.25) is 0 Å². The summed E-state index contributed by atoms with van der Waals surface area (Å²) >= 11 is 0. The SMILES string of the molecule is Cc1cc(C)c([C@@H](Nc2ccccn2)c2ccc3cccnc3c2O)c(C)c1. The molecule has 0 fully saturated rings. The fourth-order valence-electron chi connectivity index (χ4n) is 3.93. The van der Waals surface area contributed by atoms with E-state index in [1.54, 1.807) is 12.4 Å². The monoisotopic (exact) mass is 369 g/mol. The van der Waals surface area contributed by atoms with E-state index in [4.69, 9.17) is 0 Å². The molecular formula is C24H23N3O. The third kappa shape index (κ3) is 3.29. The number of aryl methyl sites for hydroxylation is 3. The highest BCUT2D eigenvalue weighted by atomic mass is 16.3. The molecule has 0 aliphatic heterocycles. The van der Waals surface area contributed by atoms with E-state index in [0.29, 0.717) is 5.52 Å². The first-order chi connectivity index (χ1) is 13.5. The molecule has 0 saturated heterocycles. The van der Waals surface area contributed by atoms with E-state index in [1.807, 2.05) is 42.5 Å². The van der Waals surface area contributed by atoms with E-state index in [0.717, 1.165) is 22.3 Å². The number of rotatable bonds is 4. The number of nitrogens with one attached hydrogen (secondary N) is 1. The number of aromatic nitrogens is 2. The molecule has 4 nitrogen and oxygen atoms in total. The van der Waals surface area contributed by atoms with Gasteiger partial charge in [0.05, 0.1) is 6.04 Å². The van der Waals surface area contributed by atoms with Crippen molar-refractivity contribution >= 4 is 16.7 Å². The smallest absolute Gasteiger partial charge is 0.147 e. The number of pyridine rings is 2. The number of aromatic hydroxyl groups is 1. The van der Waals surface area contributed by atoms with Gasteiger partial charge >= 0.3 is 0 Å². The topological polar surface area (TPSA) is 58.0 Å². The first-order valence-corrected chi connectivity index (χ1v) is 9.36. The first kappa shape index (κ1) is 18.0. The predicted octanol–water partition coefficient (Wildman–Crippen LogP) is 5.46. The van der Waals surface area contributed by atoms with Crippen molar-refractivity contribution < 1.29 is 5.11 Å². The Bertz CT molecular complexity index is 1120. The Kier molecular flexibility index (Phi) is 4.70. The third-order valence-electron chi connectivity index (χ3n) is 5.07. The van der Waals surface area contributed by atoms with E-state index >= 15 is 0 Å². The maximum Gasteiger partial charge on any atom is 0.147 e. The lowest BCUT2D eigenvalue weighted by atomic mass is 9.89. The van der Waals surface area contributed by atoms with E-state index in [-0.39, 0.29) is 11.8 Å². The summed E-state index contributed by atoms with van der Waals surface area (Å²) in [6.07, 6.45) is 3.46. The van der Waals surface area contributed by atoms with Gasteiger partial charge in [0.1, 0.15) is 17.1 Å². The maximum atomic E-state index is 11.1. The Labute approximate surface area is 164 Å². The Morgan fingerprint density at radius 3 is 2.32 bits per heavy atom. The summed E-state index contributed by atoms with van der Waals surface area (Å²) in [6.45, 7) is 6.32. The zero-order valence-corrected chi connectivity index (χ0v) is 16.3. The van der Waals surface area contributed by atoms with Crippen molar-refractivity contribution in [3.05, 3.63) is 94.8 Å². The molecule has 2 aromatic heterocycles. The minimum absolute atomic E-state index is 0.200. The second-order valence-electron chi connectivity index (χ2n) is 7.18. The van der Waals surface area contributed by atoms with Crippen molar-refractivity contribution in [1.29, 1.82) is 0 Å². The van der Waals surface area contributed by atoms with E-state index < -0.39 is 0 Å². The number of anilines is 1. The molecule has 2 heterocycles. The molecule has 2 aromatic carbocycles. The molecule has 1 atom stereocenters. The van der Waals surface area contributed by atoms with Gasteiger partial charge in [-0.05, 0) is 55.7 Å². The van der Waals surface area contributed by atoms with Gasteiger partial charge in [-0.3, -0.25) is 4.98 Å². The van der Waals surface area contributed by atoms with Gasteiger partial charge in [-0.2, -0.15) is 0 Å². The molecular weight excluding hydrogens is 346 g/mol. The minimum Gasteiger partial charge on any atom is -0.505 e. The highest BCUT2D eigenvalue weighted by Crippen LogP contribution is 2.38. The summed E-state index contributed by atoms with van der Waals surface area (Å²) in [5, 5.41) is 15.5. The molecule has 4 heteroatoms. The zero-order chi connectivity index (χ0) is 19.7.